The van der Waals surface area contributed by atoms with Crippen molar-refractivity contribution in [2.75, 3.05) is 0 Å². The Bertz CT molecular complexity index is 774. The summed E-state index contributed by atoms with van der Waals surface area (Å²) in [6.07, 6.45) is 1.31. The van der Waals surface area contributed by atoms with E-state index in [1.807, 2.05) is 0 Å². The number of aliphatic hydroxyl groups is 1. The van der Waals surface area contributed by atoms with Crippen molar-refractivity contribution in [2.24, 2.45) is 0 Å². The molecule has 3 aromatic rings. The highest BCUT2D eigenvalue weighted by Gasteiger charge is 2.20. The van der Waals surface area contributed by atoms with Gasteiger partial charge in [-0.1, -0.05) is 0 Å². The number of hydrogen-bond donors (Lipinski definition) is 1. The van der Waals surface area contributed by atoms with Gasteiger partial charge in [0.05, 0.1) is 5.69 Å². The minimum absolute atomic E-state index is 0.320. The minimum atomic E-state index is -1.06. The smallest absolute Gasteiger partial charge is 0.182 e. The molecule has 0 atom stereocenters. The van der Waals surface area contributed by atoms with Gasteiger partial charge in [-0.2, -0.15) is 5.10 Å². The summed E-state index contributed by atoms with van der Waals surface area (Å²) < 4.78 is 18.4. The standard InChI is InChI=1S/C16H14FN3O2/c1-16(2,21)13-8-7-12(19-20-13)14-15(22-9-18-14)10-3-5-11(17)6-4-10/h3-9,21H,1-2H3. The highest BCUT2D eigenvalue weighted by Crippen LogP contribution is 2.30. The molecule has 5 nitrogen and oxygen atoms in total. The molecule has 0 aliphatic heterocycles. The first-order chi connectivity index (χ1) is 10.4. The molecule has 0 saturated heterocycles. The van der Waals surface area contributed by atoms with Crippen LogP contribution < -0.4 is 0 Å². The van der Waals surface area contributed by atoms with E-state index in [1.165, 1.54) is 18.5 Å². The van der Waals surface area contributed by atoms with E-state index in [1.54, 1.807) is 38.1 Å². The fourth-order valence-electron chi connectivity index (χ4n) is 2.02. The minimum Gasteiger partial charge on any atom is -0.443 e. The van der Waals surface area contributed by atoms with Crippen LogP contribution in [0.1, 0.15) is 19.5 Å². The topological polar surface area (TPSA) is 72.0 Å². The highest BCUT2D eigenvalue weighted by atomic mass is 19.1. The van der Waals surface area contributed by atoms with Gasteiger partial charge in [0.1, 0.15) is 22.8 Å². The Hall–Kier alpha value is -2.60. The molecule has 6 heteroatoms. The molecular weight excluding hydrogens is 285 g/mol. The summed E-state index contributed by atoms with van der Waals surface area (Å²) in [6.45, 7) is 3.27. The molecule has 0 saturated carbocycles. The fraction of sp³-hybridized carbons (Fsp3) is 0.188. The van der Waals surface area contributed by atoms with Crippen molar-refractivity contribution in [2.45, 2.75) is 19.4 Å². The lowest BCUT2D eigenvalue weighted by Crippen LogP contribution is -2.18. The highest BCUT2D eigenvalue weighted by molar-refractivity contribution is 5.74. The van der Waals surface area contributed by atoms with Gasteiger partial charge < -0.3 is 9.52 Å². The summed E-state index contributed by atoms with van der Waals surface area (Å²) in [5.74, 6) is 0.171. The van der Waals surface area contributed by atoms with Gasteiger partial charge in [-0.05, 0) is 50.2 Å². The van der Waals surface area contributed by atoms with Crippen LogP contribution >= 0.6 is 0 Å². The summed E-state index contributed by atoms with van der Waals surface area (Å²) in [6, 6.07) is 9.32. The van der Waals surface area contributed by atoms with Gasteiger partial charge in [0, 0.05) is 5.56 Å². The molecule has 1 aromatic carbocycles. The van der Waals surface area contributed by atoms with E-state index in [0.717, 1.165) is 0 Å². The van der Waals surface area contributed by atoms with E-state index < -0.39 is 5.60 Å². The van der Waals surface area contributed by atoms with Crippen LogP contribution in [-0.4, -0.2) is 20.3 Å². The Morgan fingerprint density at radius 3 is 2.36 bits per heavy atom. The molecule has 0 fully saturated rings. The van der Waals surface area contributed by atoms with Crippen molar-refractivity contribution in [3.63, 3.8) is 0 Å². The zero-order valence-corrected chi connectivity index (χ0v) is 12.1. The fourth-order valence-corrected chi connectivity index (χ4v) is 2.02. The first kappa shape index (κ1) is 14.3. The van der Waals surface area contributed by atoms with Gasteiger partial charge >= 0.3 is 0 Å². The first-order valence-corrected chi connectivity index (χ1v) is 6.71. The Labute approximate surface area is 126 Å². The lowest BCUT2D eigenvalue weighted by Gasteiger charge is -2.15. The predicted molar refractivity (Wildman–Crippen MR) is 78.2 cm³/mol. The molecule has 0 bridgehead atoms. The van der Waals surface area contributed by atoms with Gasteiger partial charge in [0.15, 0.2) is 12.2 Å². The van der Waals surface area contributed by atoms with Crippen LogP contribution in [0.3, 0.4) is 0 Å². The molecule has 112 valence electrons. The SMILES string of the molecule is CC(C)(O)c1ccc(-c2ncoc2-c2ccc(F)cc2)nn1. The Kier molecular flexibility index (Phi) is 3.46. The Morgan fingerprint density at radius 2 is 1.77 bits per heavy atom. The van der Waals surface area contributed by atoms with Crippen LogP contribution in [0.2, 0.25) is 0 Å². The molecular formula is C16H14FN3O2. The quantitative estimate of drug-likeness (QED) is 0.804. The van der Waals surface area contributed by atoms with Gasteiger partial charge in [0.2, 0.25) is 0 Å². The molecule has 0 amide bonds. The summed E-state index contributed by atoms with van der Waals surface area (Å²) in [7, 11) is 0. The summed E-state index contributed by atoms with van der Waals surface area (Å²) in [5, 5.41) is 18.0. The van der Waals surface area contributed by atoms with Crippen LogP contribution in [0.15, 0.2) is 47.2 Å². The maximum Gasteiger partial charge on any atom is 0.182 e. The lowest BCUT2D eigenvalue weighted by atomic mass is 10.0. The van der Waals surface area contributed by atoms with E-state index in [9.17, 15) is 9.50 Å². The van der Waals surface area contributed by atoms with Crippen molar-refractivity contribution in [1.82, 2.24) is 15.2 Å². The van der Waals surface area contributed by atoms with Gasteiger partial charge in [-0.15, -0.1) is 5.10 Å². The Balaban J connectivity index is 2.00. The van der Waals surface area contributed by atoms with E-state index in [0.29, 0.717) is 28.4 Å². The predicted octanol–water partition coefficient (Wildman–Crippen LogP) is 3.17. The van der Waals surface area contributed by atoms with E-state index in [2.05, 4.69) is 15.2 Å². The van der Waals surface area contributed by atoms with Crippen molar-refractivity contribution in [3.8, 4) is 22.7 Å². The number of rotatable bonds is 3. The second kappa shape index (κ2) is 5.31. The molecule has 0 spiro atoms. The van der Waals surface area contributed by atoms with Crippen LogP contribution in [0, 0.1) is 5.82 Å². The average molecular weight is 299 g/mol. The van der Waals surface area contributed by atoms with E-state index in [-0.39, 0.29) is 5.82 Å². The largest absolute Gasteiger partial charge is 0.443 e. The zero-order chi connectivity index (χ0) is 15.7. The van der Waals surface area contributed by atoms with E-state index in [4.69, 9.17) is 4.42 Å². The van der Waals surface area contributed by atoms with Crippen LogP contribution in [0.4, 0.5) is 4.39 Å². The summed E-state index contributed by atoms with van der Waals surface area (Å²) >= 11 is 0. The third-order valence-electron chi connectivity index (χ3n) is 3.21. The summed E-state index contributed by atoms with van der Waals surface area (Å²) in [5.41, 5.74) is 1.13. The van der Waals surface area contributed by atoms with Crippen LogP contribution in [0.5, 0.6) is 0 Å². The number of hydrogen-bond acceptors (Lipinski definition) is 5. The van der Waals surface area contributed by atoms with Crippen molar-refractivity contribution in [3.05, 3.63) is 54.3 Å². The van der Waals surface area contributed by atoms with E-state index >= 15 is 0 Å². The third kappa shape index (κ3) is 2.73. The maximum absolute atomic E-state index is 13.0. The molecule has 2 aromatic heterocycles. The molecule has 0 radical (unpaired) electrons. The van der Waals surface area contributed by atoms with Crippen molar-refractivity contribution in [1.29, 1.82) is 0 Å². The number of benzene rings is 1. The van der Waals surface area contributed by atoms with Crippen molar-refractivity contribution < 1.29 is 13.9 Å². The molecule has 22 heavy (non-hydrogen) atoms. The van der Waals surface area contributed by atoms with Gasteiger partial charge in [0.25, 0.3) is 0 Å². The van der Waals surface area contributed by atoms with Crippen molar-refractivity contribution >= 4 is 0 Å². The number of nitrogens with zero attached hydrogens (tertiary/aromatic N) is 3. The number of aromatic nitrogens is 3. The first-order valence-electron chi connectivity index (χ1n) is 6.71. The maximum atomic E-state index is 13.0. The average Bonchev–Trinajstić information content (AvgIpc) is 2.97. The van der Waals surface area contributed by atoms with Crippen LogP contribution in [-0.2, 0) is 5.60 Å². The summed E-state index contributed by atoms with van der Waals surface area (Å²) in [4.78, 5) is 4.15. The second-order valence-electron chi connectivity index (χ2n) is 5.40. The van der Waals surface area contributed by atoms with Gasteiger partial charge in [-0.25, -0.2) is 9.37 Å². The normalized spacial score (nSPS) is 11.6. The molecule has 0 unspecified atom stereocenters. The zero-order valence-electron chi connectivity index (χ0n) is 12.1. The number of oxazole rings is 1. The molecule has 2 heterocycles. The molecule has 0 aliphatic rings. The lowest BCUT2D eigenvalue weighted by molar-refractivity contribution is 0.0729. The molecule has 3 rings (SSSR count). The third-order valence-corrected chi connectivity index (χ3v) is 3.21. The second-order valence-corrected chi connectivity index (χ2v) is 5.40. The monoisotopic (exact) mass is 299 g/mol. The van der Waals surface area contributed by atoms with Gasteiger partial charge in [-0.3, -0.25) is 0 Å². The van der Waals surface area contributed by atoms with Crippen LogP contribution in [0.25, 0.3) is 22.7 Å². The Morgan fingerprint density at radius 1 is 1.05 bits per heavy atom. The number of halogens is 1. The molecule has 1 N–H and O–H groups in total. The molecule has 0 aliphatic carbocycles.